The van der Waals surface area contributed by atoms with Crippen LogP contribution in [0.3, 0.4) is 0 Å². The Morgan fingerprint density at radius 2 is 2.29 bits per heavy atom. The molecule has 0 aliphatic heterocycles. The smallest absolute Gasteiger partial charge is 0.134 e. The highest BCUT2D eigenvalue weighted by Crippen LogP contribution is 2.38. The fraction of sp³-hybridized carbons (Fsp3) is 0.800. The topological polar surface area (TPSA) is 37.8 Å². The Morgan fingerprint density at radius 1 is 1.50 bits per heavy atom. The maximum Gasteiger partial charge on any atom is 0.134 e. The fourth-order valence-electron chi connectivity index (χ4n) is 1.64. The van der Waals surface area contributed by atoms with E-state index < -0.39 is 0 Å². The largest absolute Gasteiger partial charge is 0.308 e. The molecule has 1 atom stereocenters. The van der Waals surface area contributed by atoms with Gasteiger partial charge in [0.05, 0.1) is 6.04 Å². The molecule has 0 radical (unpaired) electrons. The molecule has 2 rings (SSSR count). The van der Waals surface area contributed by atoms with Gasteiger partial charge in [-0.15, -0.1) is 10.2 Å². The first-order valence-corrected chi connectivity index (χ1v) is 6.19. The van der Waals surface area contributed by atoms with Crippen molar-refractivity contribution >= 4 is 11.3 Å². The van der Waals surface area contributed by atoms with Crippen molar-refractivity contribution in [2.75, 3.05) is 6.54 Å². The lowest BCUT2D eigenvalue weighted by Gasteiger charge is -2.21. The van der Waals surface area contributed by atoms with Gasteiger partial charge in [-0.2, -0.15) is 0 Å². The lowest BCUT2D eigenvalue weighted by Crippen LogP contribution is -2.17. The number of nitrogens with one attached hydrogen (secondary N) is 1. The maximum atomic E-state index is 4.27. The highest BCUT2D eigenvalue weighted by molar-refractivity contribution is 7.11. The van der Waals surface area contributed by atoms with Crippen molar-refractivity contribution in [2.45, 2.75) is 45.1 Å². The molecular weight excluding hydrogens is 194 g/mol. The molecule has 4 heteroatoms. The molecule has 1 aromatic rings. The van der Waals surface area contributed by atoms with Gasteiger partial charge in [0.1, 0.15) is 10.0 Å². The third-order valence-electron chi connectivity index (χ3n) is 2.79. The van der Waals surface area contributed by atoms with Gasteiger partial charge in [0.25, 0.3) is 0 Å². The molecule has 78 valence electrons. The summed E-state index contributed by atoms with van der Waals surface area (Å²) < 4.78 is 0. The molecule has 3 nitrogen and oxygen atoms in total. The van der Waals surface area contributed by atoms with Crippen molar-refractivity contribution in [3.05, 3.63) is 10.0 Å². The first-order chi connectivity index (χ1) is 6.81. The molecule has 1 aromatic heterocycles. The van der Waals surface area contributed by atoms with Crippen LogP contribution in [0.2, 0.25) is 0 Å². The minimum Gasteiger partial charge on any atom is -0.308 e. The summed E-state index contributed by atoms with van der Waals surface area (Å²) in [6.45, 7) is 5.25. The van der Waals surface area contributed by atoms with E-state index in [2.05, 4.69) is 29.4 Å². The Kier molecular flexibility index (Phi) is 3.13. The molecule has 14 heavy (non-hydrogen) atoms. The molecule has 0 bridgehead atoms. The molecule has 1 aliphatic carbocycles. The average molecular weight is 211 g/mol. The van der Waals surface area contributed by atoms with E-state index >= 15 is 0 Å². The van der Waals surface area contributed by atoms with Crippen LogP contribution in [0, 0.1) is 0 Å². The van der Waals surface area contributed by atoms with Crippen LogP contribution in [-0.4, -0.2) is 16.7 Å². The zero-order chi connectivity index (χ0) is 9.97. The second kappa shape index (κ2) is 4.36. The molecule has 1 unspecified atom stereocenters. The first-order valence-electron chi connectivity index (χ1n) is 5.38. The van der Waals surface area contributed by atoms with Crippen LogP contribution in [0.15, 0.2) is 0 Å². The van der Waals surface area contributed by atoms with Crippen LogP contribution < -0.4 is 5.32 Å². The lowest BCUT2D eigenvalue weighted by molar-refractivity contribution is 0.416. The molecule has 0 amide bonds. The van der Waals surface area contributed by atoms with Gasteiger partial charge in [0.15, 0.2) is 0 Å². The SMILES string of the molecule is CCNC(C)c1nnc(C2CCC2)s1. The van der Waals surface area contributed by atoms with E-state index in [9.17, 15) is 0 Å². The maximum absolute atomic E-state index is 4.27. The Morgan fingerprint density at radius 3 is 2.86 bits per heavy atom. The van der Waals surface area contributed by atoms with Crippen molar-refractivity contribution < 1.29 is 0 Å². The van der Waals surface area contributed by atoms with Gasteiger partial charge in [-0.05, 0) is 26.3 Å². The third-order valence-corrected chi connectivity index (χ3v) is 4.06. The van der Waals surface area contributed by atoms with Crippen LogP contribution in [0.1, 0.15) is 55.1 Å². The first kappa shape index (κ1) is 10.1. The second-order valence-electron chi connectivity index (χ2n) is 3.89. The van der Waals surface area contributed by atoms with Crippen LogP contribution in [0.5, 0.6) is 0 Å². The molecule has 1 aliphatic rings. The second-order valence-corrected chi connectivity index (χ2v) is 4.93. The van der Waals surface area contributed by atoms with E-state index in [0.717, 1.165) is 17.5 Å². The Hall–Kier alpha value is -0.480. The summed E-state index contributed by atoms with van der Waals surface area (Å²) in [5, 5.41) is 14.3. The zero-order valence-corrected chi connectivity index (χ0v) is 9.60. The number of hydrogen-bond acceptors (Lipinski definition) is 4. The zero-order valence-electron chi connectivity index (χ0n) is 8.79. The predicted molar refractivity (Wildman–Crippen MR) is 58.6 cm³/mol. The minimum atomic E-state index is 0.353. The standard InChI is InChI=1S/C10H17N3S/c1-3-11-7(2)9-12-13-10(14-9)8-5-4-6-8/h7-8,11H,3-6H2,1-2H3. The number of aromatic nitrogens is 2. The summed E-state index contributed by atoms with van der Waals surface area (Å²) in [5.74, 6) is 0.718. The third kappa shape index (κ3) is 1.96. The van der Waals surface area contributed by atoms with E-state index in [1.54, 1.807) is 11.3 Å². The van der Waals surface area contributed by atoms with Gasteiger partial charge < -0.3 is 5.32 Å². The summed E-state index contributed by atoms with van der Waals surface area (Å²) in [6.07, 6.45) is 3.98. The minimum absolute atomic E-state index is 0.353. The summed E-state index contributed by atoms with van der Waals surface area (Å²) in [4.78, 5) is 0. The van der Waals surface area contributed by atoms with Crippen molar-refractivity contribution in [1.29, 1.82) is 0 Å². The highest BCUT2D eigenvalue weighted by atomic mass is 32.1. The van der Waals surface area contributed by atoms with Crippen LogP contribution >= 0.6 is 11.3 Å². The fourth-order valence-corrected chi connectivity index (χ4v) is 2.68. The Bertz CT molecular complexity index is 293. The molecule has 1 N–H and O–H groups in total. The summed E-state index contributed by atoms with van der Waals surface area (Å²) >= 11 is 1.78. The van der Waals surface area contributed by atoms with Crippen LogP contribution in [-0.2, 0) is 0 Å². The van der Waals surface area contributed by atoms with Crippen molar-refractivity contribution in [2.24, 2.45) is 0 Å². The molecule has 1 heterocycles. The van der Waals surface area contributed by atoms with Gasteiger partial charge >= 0.3 is 0 Å². The lowest BCUT2D eigenvalue weighted by atomic mass is 9.86. The number of rotatable bonds is 4. The van der Waals surface area contributed by atoms with Gasteiger partial charge in [-0.25, -0.2) is 0 Å². The molecule has 1 saturated carbocycles. The van der Waals surface area contributed by atoms with Crippen LogP contribution in [0.25, 0.3) is 0 Å². The summed E-state index contributed by atoms with van der Waals surface area (Å²) in [6, 6.07) is 0.353. The molecule has 1 fully saturated rings. The van der Waals surface area contributed by atoms with Gasteiger partial charge in [-0.1, -0.05) is 24.7 Å². The van der Waals surface area contributed by atoms with Crippen molar-refractivity contribution in [3.63, 3.8) is 0 Å². The van der Waals surface area contributed by atoms with E-state index in [0.29, 0.717) is 6.04 Å². The average Bonchev–Trinajstić information content (AvgIpc) is 2.50. The van der Waals surface area contributed by atoms with E-state index in [1.807, 2.05) is 0 Å². The quantitative estimate of drug-likeness (QED) is 0.831. The summed E-state index contributed by atoms with van der Waals surface area (Å²) in [5.41, 5.74) is 0. The van der Waals surface area contributed by atoms with Crippen LogP contribution in [0.4, 0.5) is 0 Å². The molecule has 0 spiro atoms. The Labute approximate surface area is 88.9 Å². The monoisotopic (exact) mass is 211 g/mol. The van der Waals surface area contributed by atoms with Gasteiger partial charge in [-0.3, -0.25) is 0 Å². The van der Waals surface area contributed by atoms with E-state index in [4.69, 9.17) is 0 Å². The number of hydrogen-bond donors (Lipinski definition) is 1. The highest BCUT2D eigenvalue weighted by Gasteiger charge is 2.24. The molecule has 0 aromatic carbocycles. The van der Waals surface area contributed by atoms with E-state index in [-0.39, 0.29) is 0 Å². The van der Waals surface area contributed by atoms with Gasteiger partial charge in [0.2, 0.25) is 0 Å². The molecular formula is C10H17N3S. The van der Waals surface area contributed by atoms with Crippen molar-refractivity contribution in [3.8, 4) is 0 Å². The van der Waals surface area contributed by atoms with Crippen molar-refractivity contribution in [1.82, 2.24) is 15.5 Å². The van der Waals surface area contributed by atoms with E-state index in [1.165, 1.54) is 24.3 Å². The predicted octanol–water partition coefficient (Wildman–Crippen LogP) is 2.48. The molecule has 0 saturated heterocycles. The Balaban J connectivity index is 2.01. The summed E-state index contributed by atoms with van der Waals surface area (Å²) in [7, 11) is 0. The normalized spacial score (nSPS) is 19.3. The van der Waals surface area contributed by atoms with Gasteiger partial charge in [0, 0.05) is 5.92 Å². The number of nitrogens with zero attached hydrogens (tertiary/aromatic N) is 2.